The van der Waals surface area contributed by atoms with E-state index in [9.17, 15) is 15.2 Å². The van der Waals surface area contributed by atoms with Crippen LogP contribution in [0.5, 0.6) is 0 Å². The molecule has 116 valence electrons. The third-order valence-electron chi connectivity index (χ3n) is 3.86. The zero-order chi connectivity index (χ0) is 16.2. The Bertz CT molecular complexity index is 763. The van der Waals surface area contributed by atoms with E-state index in [-0.39, 0.29) is 5.56 Å². The standard InChI is InChI=1S/C16H15N5O2/c17-10-12-3-5-18-11-14(12)20-6-8-21(9-7-20)15-13(16(22)23)2-1-4-19-15/h1-5,11H,6-9H2,(H,22,23). The quantitative estimate of drug-likeness (QED) is 0.915. The molecule has 0 aliphatic carbocycles. The molecule has 0 unspecified atom stereocenters. The van der Waals surface area contributed by atoms with Gasteiger partial charge in [-0.25, -0.2) is 9.78 Å². The number of anilines is 2. The predicted octanol–water partition coefficient (Wildman–Crippen LogP) is 1.37. The number of carboxylic acids is 1. The van der Waals surface area contributed by atoms with Crippen LogP contribution in [0.2, 0.25) is 0 Å². The minimum atomic E-state index is -0.977. The number of aromatic carboxylic acids is 1. The first-order valence-corrected chi connectivity index (χ1v) is 7.23. The number of rotatable bonds is 3. The Morgan fingerprint density at radius 3 is 2.61 bits per heavy atom. The van der Waals surface area contributed by atoms with Crippen LogP contribution in [-0.2, 0) is 0 Å². The van der Waals surface area contributed by atoms with Crippen molar-refractivity contribution in [2.24, 2.45) is 0 Å². The lowest BCUT2D eigenvalue weighted by molar-refractivity contribution is 0.0697. The summed E-state index contributed by atoms with van der Waals surface area (Å²) in [7, 11) is 0. The van der Waals surface area contributed by atoms with Crippen molar-refractivity contribution in [3.05, 3.63) is 47.9 Å². The van der Waals surface area contributed by atoms with Gasteiger partial charge in [-0.1, -0.05) is 0 Å². The summed E-state index contributed by atoms with van der Waals surface area (Å²) in [6.07, 6.45) is 4.89. The van der Waals surface area contributed by atoms with Gasteiger partial charge < -0.3 is 14.9 Å². The molecule has 7 heteroatoms. The van der Waals surface area contributed by atoms with Crippen molar-refractivity contribution >= 4 is 17.5 Å². The van der Waals surface area contributed by atoms with E-state index in [0.29, 0.717) is 37.6 Å². The normalized spacial score (nSPS) is 14.4. The number of aromatic nitrogens is 2. The topological polar surface area (TPSA) is 93.4 Å². The van der Waals surface area contributed by atoms with Gasteiger partial charge in [-0.05, 0) is 18.2 Å². The lowest BCUT2D eigenvalue weighted by atomic mass is 10.2. The fraction of sp³-hybridized carbons (Fsp3) is 0.250. The number of hydrogen-bond acceptors (Lipinski definition) is 6. The maximum Gasteiger partial charge on any atom is 0.339 e. The molecule has 7 nitrogen and oxygen atoms in total. The number of nitriles is 1. The molecule has 0 radical (unpaired) electrons. The number of carbonyl (C=O) groups is 1. The SMILES string of the molecule is N#Cc1ccncc1N1CCN(c2ncccc2C(=O)O)CC1. The second-order valence-electron chi connectivity index (χ2n) is 5.16. The second kappa shape index (κ2) is 6.32. The van der Waals surface area contributed by atoms with Gasteiger partial charge >= 0.3 is 5.97 Å². The van der Waals surface area contributed by atoms with E-state index in [4.69, 9.17) is 0 Å². The van der Waals surface area contributed by atoms with E-state index < -0.39 is 5.97 Å². The summed E-state index contributed by atoms with van der Waals surface area (Å²) in [6, 6.07) is 7.06. The van der Waals surface area contributed by atoms with Gasteiger partial charge in [-0.2, -0.15) is 5.26 Å². The molecular weight excluding hydrogens is 294 g/mol. The summed E-state index contributed by atoms with van der Waals surface area (Å²) >= 11 is 0. The molecule has 2 aromatic rings. The summed E-state index contributed by atoms with van der Waals surface area (Å²) < 4.78 is 0. The van der Waals surface area contributed by atoms with Crippen LogP contribution in [0.25, 0.3) is 0 Å². The molecule has 1 fully saturated rings. The Morgan fingerprint density at radius 2 is 1.91 bits per heavy atom. The molecule has 0 aromatic carbocycles. The van der Waals surface area contributed by atoms with Crippen LogP contribution in [0.3, 0.4) is 0 Å². The second-order valence-corrected chi connectivity index (χ2v) is 5.16. The summed E-state index contributed by atoms with van der Waals surface area (Å²) in [5, 5.41) is 18.5. The van der Waals surface area contributed by atoms with Gasteiger partial charge in [0.2, 0.25) is 0 Å². The molecule has 0 bridgehead atoms. The molecule has 23 heavy (non-hydrogen) atoms. The summed E-state index contributed by atoms with van der Waals surface area (Å²) in [6.45, 7) is 2.63. The highest BCUT2D eigenvalue weighted by molar-refractivity contribution is 5.93. The van der Waals surface area contributed by atoms with E-state index in [1.165, 1.54) is 0 Å². The van der Waals surface area contributed by atoms with Crippen molar-refractivity contribution < 1.29 is 9.90 Å². The highest BCUT2D eigenvalue weighted by atomic mass is 16.4. The Morgan fingerprint density at radius 1 is 1.17 bits per heavy atom. The first-order valence-electron chi connectivity index (χ1n) is 7.23. The van der Waals surface area contributed by atoms with Crippen molar-refractivity contribution in [1.29, 1.82) is 5.26 Å². The molecule has 1 saturated heterocycles. The average Bonchev–Trinajstić information content (AvgIpc) is 2.62. The van der Waals surface area contributed by atoms with Crippen LogP contribution in [0.15, 0.2) is 36.8 Å². The predicted molar refractivity (Wildman–Crippen MR) is 84.6 cm³/mol. The van der Waals surface area contributed by atoms with Crippen LogP contribution in [-0.4, -0.2) is 47.2 Å². The minimum absolute atomic E-state index is 0.208. The van der Waals surface area contributed by atoms with Gasteiger partial charge in [0.1, 0.15) is 17.5 Å². The smallest absolute Gasteiger partial charge is 0.339 e. The van der Waals surface area contributed by atoms with Crippen molar-refractivity contribution in [3.8, 4) is 6.07 Å². The highest BCUT2D eigenvalue weighted by Crippen LogP contribution is 2.23. The van der Waals surface area contributed by atoms with E-state index >= 15 is 0 Å². The van der Waals surface area contributed by atoms with Crippen LogP contribution in [0.4, 0.5) is 11.5 Å². The van der Waals surface area contributed by atoms with E-state index in [1.807, 2.05) is 4.90 Å². The molecule has 1 N–H and O–H groups in total. The first-order chi connectivity index (χ1) is 11.2. The average molecular weight is 309 g/mol. The summed E-state index contributed by atoms with van der Waals surface area (Å²) in [4.78, 5) is 23.7. The summed E-state index contributed by atoms with van der Waals surface area (Å²) in [5.41, 5.74) is 1.62. The molecule has 1 aliphatic heterocycles. The fourth-order valence-electron chi connectivity index (χ4n) is 2.71. The Kier molecular flexibility index (Phi) is 4.06. The third-order valence-corrected chi connectivity index (χ3v) is 3.86. The number of nitrogens with zero attached hydrogens (tertiary/aromatic N) is 5. The maximum absolute atomic E-state index is 11.3. The third kappa shape index (κ3) is 2.92. The molecule has 0 spiro atoms. The van der Waals surface area contributed by atoms with Crippen molar-refractivity contribution in [3.63, 3.8) is 0 Å². The Labute approximate surface area is 133 Å². The lowest BCUT2D eigenvalue weighted by Crippen LogP contribution is -2.47. The Hall–Kier alpha value is -3.14. The van der Waals surface area contributed by atoms with Gasteiger partial charge in [0, 0.05) is 38.6 Å². The first kappa shape index (κ1) is 14.8. The number of hydrogen-bond donors (Lipinski definition) is 1. The van der Waals surface area contributed by atoms with E-state index in [1.54, 1.807) is 36.8 Å². The minimum Gasteiger partial charge on any atom is -0.478 e. The van der Waals surface area contributed by atoms with Crippen molar-refractivity contribution in [1.82, 2.24) is 9.97 Å². The molecule has 0 amide bonds. The molecule has 3 rings (SSSR count). The lowest BCUT2D eigenvalue weighted by Gasteiger charge is -2.37. The Balaban J connectivity index is 1.77. The zero-order valence-electron chi connectivity index (χ0n) is 12.4. The van der Waals surface area contributed by atoms with Crippen LogP contribution in [0.1, 0.15) is 15.9 Å². The van der Waals surface area contributed by atoms with E-state index in [0.717, 1.165) is 5.69 Å². The molecule has 0 atom stereocenters. The molecule has 3 heterocycles. The van der Waals surface area contributed by atoms with E-state index in [2.05, 4.69) is 20.9 Å². The van der Waals surface area contributed by atoms with Crippen LogP contribution < -0.4 is 9.80 Å². The zero-order valence-corrected chi connectivity index (χ0v) is 12.4. The van der Waals surface area contributed by atoms with Gasteiger partial charge in [-0.15, -0.1) is 0 Å². The van der Waals surface area contributed by atoms with Gasteiger partial charge in [0.25, 0.3) is 0 Å². The number of pyridine rings is 2. The number of carboxylic acid groups (broad SMARTS) is 1. The molecular formula is C16H15N5O2. The molecule has 0 saturated carbocycles. The monoisotopic (exact) mass is 309 g/mol. The number of piperazine rings is 1. The maximum atomic E-state index is 11.3. The van der Waals surface area contributed by atoms with Crippen LogP contribution >= 0.6 is 0 Å². The van der Waals surface area contributed by atoms with Crippen molar-refractivity contribution in [2.75, 3.05) is 36.0 Å². The highest BCUT2D eigenvalue weighted by Gasteiger charge is 2.23. The molecule has 1 aliphatic rings. The largest absolute Gasteiger partial charge is 0.478 e. The van der Waals surface area contributed by atoms with Gasteiger partial charge in [0.05, 0.1) is 17.4 Å². The fourth-order valence-corrected chi connectivity index (χ4v) is 2.71. The molecule has 2 aromatic heterocycles. The summed E-state index contributed by atoms with van der Waals surface area (Å²) in [5.74, 6) is -0.485. The van der Waals surface area contributed by atoms with Crippen LogP contribution in [0, 0.1) is 11.3 Å². The van der Waals surface area contributed by atoms with Gasteiger partial charge in [0.15, 0.2) is 0 Å². The van der Waals surface area contributed by atoms with Crippen molar-refractivity contribution in [2.45, 2.75) is 0 Å². The van der Waals surface area contributed by atoms with Gasteiger partial charge in [-0.3, -0.25) is 4.98 Å².